The summed E-state index contributed by atoms with van der Waals surface area (Å²) in [6, 6.07) is 1.96. The van der Waals surface area contributed by atoms with Gasteiger partial charge in [0.25, 0.3) is 6.08 Å². The van der Waals surface area contributed by atoms with Crippen molar-refractivity contribution in [3.05, 3.63) is 53.5 Å². The Balaban J connectivity index is 1.29. The summed E-state index contributed by atoms with van der Waals surface area (Å²) < 4.78 is 95.6. The molecule has 2 bridgehead atoms. The fourth-order valence-corrected chi connectivity index (χ4v) is 8.27. The van der Waals surface area contributed by atoms with Gasteiger partial charge < -0.3 is 15.0 Å². The van der Waals surface area contributed by atoms with Gasteiger partial charge >= 0.3 is 6.01 Å². The van der Waals surface area contributed by atoms with E-state index in [4.69, 9.17) is 4.74 Å². The van der Waals surface area contributed by atoms with Crippen LogP contribution >= 0.6 is 0 Å². The van der Waals surface area contributed by atoms with Crippen molar-refractivity contribution in [3.63, 3.8) is 0 Å². The molecule has 242 valence electrons. The van der Waals surface area contributed by atoms with Crippen molar-refractivity contribution in [2.45, 2.75) is 62.3 Å². The Morgan fingerprint density at radius 3 is 2.76 bits per heavy atom. The molecule has 6 heterocycles. The van der Waals surface area contributed by atoms with Crippen molar-refractivity contribution < 1.29 is 31.1 Å². The molecule has 4 aliphatic heterocycles. The zero-order valence-corrected chi connectivity index (χ0v) is 24.9. The largest absolute Gasteiger partial charge is 0.461 e. The first-order valence-corrected chi connectivity index (χ1v) is 15.5. The summed E-state index contributed by atoms with van der Waals surface area (Å²) in [7, 11) is 0. The highest BCUT2D eigenvalue weighted by Gasteiger charge is 2.50. The normalized spacial score (nSPS) is 27.6. The number of aromatic amines is 1. The number of ether oxygens (including phenoxy) is 1. The van der Waals surface area contributed by atoms with Crippen LogP contribution in [0.2, 0.25) is 0 Å². The Kier molecular flexibility index (Phi) is 6.77. The molecule has 4 atom stereocenters. The van der Waals surface area contributed by atoms with Crippen molar-refractivity contribution in [1.29, 1.82) is 0 Å². The molecule has 2 N–H and O–H groups in total. The predicted molar refractivity (Wildman–Crippen MR) is 159 cm³/mol. The lowest BCUT2D eigenvalue weighted by Crippen LogP contribution is -2.59. The molecule has 0 saturated carbocycles. The first kappa shape index (κ1) is 29.5. The molecule has 0 amide bonds. The third-order valence-corrected chi connectivity index (χ3v) is 10.3. The number of aromatic nitrogens is 4. The molecular formula is C32H31F6N7O. The van der Waals surface area contributed by atoms with E-state index in [2.05, 4.69) is 30.4 Å². The SMILES string of the molecule is Cc1c(F)cc2[nH]ncc2c1-c1c(F)cc2c(N3C[C@H]4CC[C@@](C=C(F)F)(C3)N4)nc(OCC34CCCN3C[C@H](F)C4)nc2c1F. The standard InChI is InChI=1S/C32H31F6N7O/c1-16-21(34)8-23-20(11-39-43-23)25(16)26-22(35)7-19-28(27(26)38)40-30(46-15-32-4-2-6-45(32)12-17(33)9-32)41-29(19)44-13-18-3-5-31(14-44,42-18)10-24(36)37/h7-8,10-11,17-18,42H,2-6,9,12-15H2,1H3,(H,39,43)/t17-,18-,31-,32?/m1/s1. The average molecular weight is 644 g/mol. The molecule has 46 heavy (non-hydrogen) atoms. The Bertz CT molecular complexity index is 1910. The molecule has 0 spiro atoms. The summed E-state index contributed by atoms with van der Waals surface area (Å²) in [6.45, 7) is 2.96. The second-order valence-electron chi connectivity index (χ2n) is 13.2. The van der Waals surface area contributed by atoms with Crippen molar-refractivity contribution in [2.24, 2.45) is 0 Å². The minimum atomic E-state index is -1.83. The van der Waals surface area contributed by atoms with Gasteiger partial charge in [0.2, 0.25) is 0 Å². The minimum absolute atomic E-state index is 0.00793. The molecule has 2 aromatic carbocycles. The number of H-pyrrole nitrogens is 1. The van der Waals surface area contributed by atoms with E-state index in [0.717, 1.165) is 31.5 Å². The Morgan fingerprint density at radius 2 is 1.93 bits per heavy atom. The van der Waals surface area contributed by atoms with Crippen LogP contribution in [-0.4, -0.2) is 81.1 Å². The second-order valence-corrected chi connectivity index (χ2v) is 13.2. The van der Waals surface area contributed by atoms with Gasteiger partial charge in [-0.3, -0.25) is 10.00 Å². The van der Waals surface area contributed by atoms with Crippen LogP contribution in [0.5, 0.6) is 6.01 Å². The van der Waals surface area contributed by atoms with E-state index in [0.29, 0.717) is 37.7 Å². The highest BCUT2D eigenvalue weighted by atomic mass is 19.3. The fraction of sp³-hybridized carbons (Fsp3) is 0.469. The highest BCUT2D eigenvalue weighted by Crippen LogP contribution is 2.43. The molecule has 8 rings (SSSR count). The molecular weight excluding hydrogens is 612 g/mol. The number of nitrogens with one attached hydrogen (secondary N) is 2. The van der Waals surface area contributed by atoms with Gasteiger partial charge in [0.1, 0.15) is 35.7 Å². The molecule has 1 unspecified atom stereocenters. The van der Waals surface area contributed by atoms with E-state index >= 15 is 8.78 Å². The number of piperazine rings is 1. The van der Waals surface area contributed by atoms with E-state index < -0.39 is 46.3 Å². The number of hydrogen-bond donors (Lipinski definition) is 2. The van der Waals surface area contributed by atoms with Crippen LogP contribution in [0.4, 0.5) is 32.2 Å². The number of nitrogens with zero attached hydrogens (tertiary/aromatic N) is 5. The molecule has 4 aliphatic rings. The zero-order chi connectivity index (χ0) is 32.0. The maximum atomic E-state index is 16.8. The van der Waals surface area contributed by atoms with Crippen LogP contribution in [0.25, 0.3) is 32.9 Å². The summed E-state index contributed by atoms with van der Waals surface area (Å²) in [4.78, 5) is 12.8. The van der Waals surface area contributed by atoms with Crippen LogP contribution in [0.15, 0.2) is 30.5 Å². The maximum absolute atomic E-state index is 16.8. The van der Waals surface area contributed by atoms with Gasteiger partial charge in [-0.05, 0) is 56.8 Å². The zero-order valence-electron chi connectivity index (χ0n) is 24.9. The monoisotopic (exact) mass is 643 g/mol. The number of hydrogen-bond acceptors (Lipinski definition) is 7. The number of anilines is 1. The lowest BCUT2D eigenvalue weighted by atomic mass is 9.94. The van der Waals surface area contributed by atoms with Gasteiger partial charge in [-0.15, -0.1) is 0 Å². The van der Waals surface area contributed by atoms with Crippen LogP contribution < -0.4 is 15.0 Å². The fourth-order valence-electron chi connectivity index (χ4n) is 8.27. The number of halogens is 6. The number of rotatable bonds is 6. The van der Waals surface area contributed by atoms with Gasteiger partial charge in [0.05, 0.1) is 28.4 Å². The smallest absolute Gasteiger partial charge is 0.319 e. The van der Waals surface area contributed by atoms with Crippen LogP contribution in [0.1, 0.15) is 37.7 Å². The summed E-state index contributed by atoms with van der Waals surface area (Å²) in [5.74, 6) is -2.55. The Morgan fingerprint density at radius 1 is 1.09 bits per heavy atom. The maximum Gasteiger partial charge on any atom is 0.319 e. The van der Waals surface area contributed by atoms with E-state index in [1.807, 2.05) is 0 Å². The second kappa shape index (κ2) is 10.6. The Labute approximate surface area is 259 Å². The minimum Gasteiger partial charge on any atom is -0.461 e. The molecule has 14 heteroatoms. The van der Waals surface area contributed by atoms with Gasteiger partial charge in [-0.25, -0.2) is 17.6 Å². The first-order valence-electron chi connectivity index (χ1n) is 15.5. The quantitative estimate of drug-likeness (QED) is 0.252. The third-order valence-electron chi connectivity index (χ3n) is 10.3. The lowest BCUT2D eigenvalue weighted by molar-refractivity contribution is 0.107. The van der Waals surface area contributed by atoms with Crippen LogP contribution in [-0.2, 0) is 0 Å². The van der Waals surface area contributed by atoms with E-state index in [1.54, 1.807) is 4.90 Å². The van der Waals surface area contributed by atoms with Crippen LogP contribution in [0, 0.1) is 24.4 Å². The van der Waals surface area contributed by atoms with Crippen molar-refractivity contribution in [1.82, 2.24) is 30.4 Å². The van der Waals surface area contributed by atoms with E-state index in [1.165, 1.54) is 19.2 Å². The van der Waals surface area contributed by atoms with Crippen molar-refractivity contribution in [2.75, 3.05) is 37.7 Å². The number of alkyl halides is 1. The van der Waals surface area contributed by atoms with Gasteiger partial charge in [-0.2, -0.15) is 23.8 Å². The number of benzene rings is 2. The van der Waals surface area contributed by atoms with Gasteiger partial charge in [0, 0.05) is 54.5 Å². The summed E-state index contributed by atoms with van der Waals surface area (Å²) in [6.07, 6.45) is 2.42. The lowest BCUT2D eigenvalue weighted by Gasteiger charge is -2.40. The van der Waals surface area contributed by atoms with Crippen molar-refractivity contribution >= 4 is 27.6 Å². The van der Waals surface area contributed by atoms with Gasteiger partial charge in [-0.1, -0.05) is 0 Å². The molecule has 0 aliphatic carbocycles. The molecule has 2 aromatic heterocycles. The average Bonchev–Trinajstić information content (AvgIpc) is 3.75. The van der Waals surface area contributed by atoms with E-state index in [9.17, 15) is 17.6 Å². The topological polar surface area (TPSA) is 82.2 Å². The molecule has 4 saturated heterocycles. The molecule has 4 fully saturated rings. The summed E-state index contributed by atoms with van der Waals surface area (Å²) in [5, 5.41) is 10.2. The molecule has 8 nitrogen and oxygen atoms in total. The first-order chi connectivity index (χ1) is 22.0. The van der Waals surface area contributed by atoms with Gasteiger partial charge in [0.15, 0.2) is 5.82 Å². The number of fused-ring (bicyclic) bond motifs is 5. The summed E-state index contributed by atoms with van der Waals surface area (Å²) in [5.41, 5.74) is -2.06. The van der Waals surface area contributed by atoms with E-state index in [-0.39, 0.29) is 58.6 Å². The predicted octanol–water partition coefficient (Wildman–Crippen LogP) is 5.95. The molecule has 4 aromatic rings. The highest BCUT2D eigenvalue weighted by molar-refractivity contribution is 6.00. The summed E-state index contributed by atoms with van der Waals surface area (Å²) >= 11 is 0. The van der Waals surface area contributed by atoms with Crippen LogP contribution in [0.3, 0.4) is 0 Å². The Hall–Kier alpha value is -3.91. The third kappa shape index (κ3) is 4.62. The molecule has 0 radical (unpaired) electrons. The van der Waals surface area contributed by atoms with Crippen molar-refractivity contribution in [3.8, 4) is 17.1 Å².